The lowest BCUT2D eigenvalue weighted by Gasteiger charge is -1.98. The fourth-order valence-electron chi connectivity index (χ4n) is 2.66. The highest BCUT2D eigenvalue weighted by molar-refractivity contribution is 5.91. The van der Waals surface area contributed by atoms with Gasteiger partial charge in [-0.3, -0.25) is 0 Å². The molecule has 0 amide bonds. The number of rotatable bonds is 8. The Morgan fingerprint density at radius 1 is 1.19 bits per heavy atom. The number of carboxylic acids is 1. The van der Waals surface area contributed by atoms with Crippen molar-refractivity contribution in [1.82, 2.24) is 0 Å². The molecular formula is C17H24NO3+. The van der Waals surface area contributed by atoms with Crippen molar-refractivity contribution in [2.75, 3.05) is 0 Å². The van der Waals surface area contributed by atoms with Crippen molar-refractivity contribution in [3.05, 3.63) is 29.7 Å². The van der Waals surface area contributed by atoms with Crippen LogP contribution < -0.4 is 4.57 Å². The van der Waals surface area contributed by atoms with E-state index < -0.39 is 5.97 Å². The molecule has 4 nitrogen and oxygen atoms in total. The molecular weight excluding hydrogens is 266 g/mol. The summed E-state index contributed by atoms with van der Waals surface area (Å²) in [6.07, 6.45) is 7.54. The Morgan fingerprint density at radius 3 is 2.62 bits per heavy atom. The second-order valence-corrected chi connectivity index (χ2v) is 5.53. The van der Waals surface area contributed by atoms with Gasteiger partial charge in [-0.05, 0) is 12.5 Å². The summed E-state index contributed by atoms with van der Waals surface area (Å²) in [5.74, 6) is -0.0884. The Morgan fingerprint density at radius 2 is 1.90 bits per heavy atom. The second kappa shape index (κ2) is 7.25. The van der Waals surface area contributed by atoms with E-state index in [1.54, 1.807) is 12.1 Å². The van der Waals surface area contributed by atoms with E-state index in [1.807, 2.05) is 13.0 Å². The summed E-state index contributed by atoms with van der Waals surface area (Å²) < 4.78 is 7.82. The number of oxazole rings is 1. The number of nitrogens with zero attached hydrogens (tertiary/aromatic N) is 1. The molecule has 0 saturated heterocycles. The summed E-state index contributed by atoms with van der Waals surface area (Å²) >= 11 is 0. The summed E-state index contributed by atoms with van der Waals surface area (Å²) in [6.45, 7) is 5.08. The van der Waals surface area contributed by atoms with Crippen LogP contribution in [0.1, 0.15) is 61.7 Å². The lowest BCUT2D eigenvalue weighted by Crippen LogP contribution is -2.35. The van der Waals surface area contributed by atoms with Crippen LogP contribution >= 0.6 is 0 Å². The number of carboxylic acid groups (broad SMARTS) is 1. The minimum Gasteiger partial charge on any atom is -0.478 e. The zero-order valence-electron chi connectivity index (χ0n) is 12.9. The van der Waals surface area contributed by atoms with Crippen molar-refractivity contribution in [3.63, 3.8) is 0 Å². The molecule has 1 N–H and O–H groups in total. The van der Waals surface area contributed by atoms with Gasteiger partial charge in [-0.25, -0.2) is 4.79 Å². The van der Waals surface area contributed by atoms with Crippen LogP contribution in [0.2, 0.25) is 0 Å². The maximum Gasteiger partial charge on any atom is 0.344 e. The van der Waals surface area contributed by atoms with Gasteiger partial charge in [0.2, 0.25) is 5.58 Å². The van der Waals surface area contributed by atoms with E-state index in [-0.39, 0.29) is 5.56 Å². The molecule has 1 heterocycles. The molecule has 0 saturated carbocycles. The number of aromatic nitrogens is 1. The van der Waals surface area contributed by atoms with E-state index in [2.05, 4.69) is 11.5 Å². The Balaban J connectivity index is 2.03. The molecule has 0 unspecified atom stereocenters. The van der Waals surface area contributed by atoms with Crippen LogP contribution in [-0.2, 0) is 6.54 Å². The van der Waals surface area contributed by atoms with E-state index >= 15 is 0 Å². The maximum atomic E-state index is 11.0. The highest BCUT2D eigenvalue weighted by Crippen LogP contribution is 2.16. The fraction of sp³-hybridized carbons (Fsp3) is 0.529. The Bertz CT molecular complexity index is 616. The highest BCUT2D eigenvalue weighted by atomic mass is 16.4. The molecule has 2 aromatic rings. The van der Waals surface area contributed by atoms with Crippen molar-refractivity contribution < 1.29 is 18.9 Å². The van der Waals surface area contributed by atoms with Crippen molar-refractivity contribution in [2.45, 2.75) is 58.9 Å². The summed E-state index contributed by atoms with van der Waals surface area (Å²) in [7, 11) is 0. The monoisotopic (exact) mass is 290 g/mol. The third kappa shape index (κ3) is 3.84. The molecule has 4 heteroatoms. The number of carbonyl (C=O) groups is 1. The predicted octanol–water partition coefficient (Wildman–Crippen LogP) is 4.09. The zero-order chi connectivity index (χ0) is 15.2. The third-order valence-electron chi connectivity index (χ3n) is 3.87. The average Bonchev–Trinajstić information content (AvgIpc) is 2.77. The predicted molar refractivity (Wildman–Crippen MR) is 81.5 cm³/mol. The summed E-state index contributed by atoms with van der Waals surface area (Å²) in [4.78, 5) is 11.0. The van der Waals surface area contributed by atoms with Crippen LogP contribution in [0.3, 0.4) is 0 Å². The molecule has 0 radical (unpaired) electrons. The molecule has 0 fully saturated rings. The van der Waals surface area contributed by atoms with Crippen molar-refractivity contribution in [2.24, 2.45) is 0 Å². The number of benzene rings is 1. The van der Waals surface area contributed by atoms with E-state index in [4.69, 9.17) is 9.52 Å². The third-order valence-corrected chi connectivity index (χ3v) is 3.87. The van der Waals surface area contributed by atoms with E-state index in [0.717, 1.165) is 24.4 Å². The average molecular weight is 290 g/mol. The summed E-state index contributed by atoms with van der Waals surface area (Å²) in [6, 6.07) is 5.08. The van der Waals surface area contributed by atoms with Crippen molar-refractivity contribution in [1.29, 1.82) is 0 Å². The Hall–Kier alpha value is -1.84. The van der Waals surface area contributed by atoms with Gasteiger partial charge < -0.3 is 9.52 Å². The molecule has 0 atom stereocenters. The second-order valence-electron chi connectivity index (χ2n) is 5.53. The van der Waals surface area contributed by atoms with Crippen LogP contribution in [0.25, 0.3) is 11.1 Å². The van der Waals surface area contributed by atoms with E-state index in [0.29, 0.717) is 5.58 Å². The van der Waals surface area contributed by atoms with Crippen LogP contribution in [0, 0.1) is 6.92 Å². The number of unbranched alkanes of at least 4 members (excludes halogenated alkanes) is 5. The highest BCUT2D eigenvalue weighted by Gasteiger charge is 2.19. The smallest absolute Gasteiger partial charge is 0.344 e. The zero-order valence-corrected chi connectivity index (χ0v) is 12.9. The molecule has 114 valence electrons. The van der Waals surface area contributed by atoms with Gasteiger partial charge in [0.1, 0.15) is 0 Å². The van der Waals surface area contributed by atoms with Crippen LogP contribution in [0.5, 0.6) is 0 Å². The van der Waals surface area contributed by atoms with Crippen LogP contribution in [0.4, 0.5) is 0 Å². The number of hydrogen-bond donors (Lipinski definition) is 1. The number of aromatic carboxylic acids is 1. The Kier molecular flexibility index (Phi) is 5.37. The van der Waals surface area contributed by atoms with Crippen LogP contribution in [0.15, 0.2) is 22.6 Å². The largest absolute Gasteiger partial charge is 0.478 e. The van der Waals surface area contributed by atoms with Gasteiger partial charge >= 0.3 is 11.9 Å². The summed E-state index contributed by atoms with van der Waals surface area (Å²) in [5, 5.41) is 9.02. The standard InChI is InChI=1S/C17H23NO3/c1-3-4-5-6-7-8-11-18-13(2)21-16-12-14(17(19)20)9-10-15(16)18/h9-10,12H,3-8,11H2,1-2H3/p+1. The molecule has 0 aliphatic rings. The molecule has 0 aliphatic heterocycles. The van der Waals surface area contributed by atoms with E-state index in [1.165, 1.54) is 32.1 Å². The van der Waals surface area contributed by atoms with Gasteiger partial charge in [0.25, 0.3) is 5.52 Å². The number of aryl methyl sites for hydroxylation is 2. The van der Waals surface area contributed by atoms with Gasteiger partial charge in [-0.2, -0.15) is 4.57 Å². The minimum atomic E-state index is -0.923. The SMILES string of the molecule is CCCCCCCC[n+]1c(C)oc2cc(C(=O)O)ccc21. The van der Waals surface area contributed by atoms with Gasteiger partial charge in [0.15, 0.2) is 6.54 Å². The minimum absolute atomic E-state index is 0.267. The van der Waals surface area contributed by atoms with Gasteiger partial charge in [0.05, 0.1) is 12.5 Å². The van der Waals surface area contributed by atoms with Gasteiger partial charge in [-0.15, -0.1) is 0 Å². The topological polar surface area (TPSA) is 54.3 Å². The first kappa shape index (κ1) is 15.5. The number of fused-ring (bicyclic) bond motifs is 1. The first-order valence-corrected chi connectivity index (χ1v) is 7.79. The molecule has 1 aromatic carbocycles. The van der Waals surface area contributed by atoms with Gasteiger partial charge in [-0.1, -0.05) is 32.6 Å². The maximum absolute atomic E-state index is 11.0. The number of hydrogen-bond acceptors (Lipinski definition) is 2. The lowest BCUT2D eigenvalue weighted by molar-refractivity contribution is -0.683. The molecule has 2 rings (SSSR count). The van der Waals surface area contributed by atoms with E-state index in [9.17, 15) is 4.79 Å². The molecule has 1 aromatic heterocycles. The van der Waals surface area contributed by atoms with Crippen LogP contribution in [-0.4, -0.2) is 11.1 Å². The molecule has 0 bridgehead atoms. The quantitative estimate of drug-likeness (QED) is 0.588. The lowest BCUT2D eigenvalue weighted by atomic mass is 10.1. The fourth-order valence-corrected chi connectivity index (χ4v) is 2.66. The van der Waals surface area contributed by atoms with Crippen molar-refractivity contribution >= 4 is 17.1 Å². The normalized spacial score (nSPS) is 11.1. The van der Waals surface area contributed by atoms with Gasteiger partial charge in [0, 0.05) is 18.6 Å². The van der Waals surface area contributed by atoms with Crippen molar-refractivity contribution in [3.8, 4) is 0 Å². The Labute approximate surface area is 125 Å². The first-order valence-electron chi connectivity index (χ1n) is 7.79. The molecule has 21 heavy (non-hydrogen) atoms. The summed E-state index contributed by atoms with van der Waals surface area (Å²) in [5.41, 5.74) is 1.90. The molecule has 0 spiro atoms. The molecule has 0 aliphatic carbocycles. The first-order chi connectivity index (χ1) is 10.1.